The maximum absolute atomic E-state index is 11.8. The van der Waals surface area contributed by atoms with Gasteiger partial charge in [-0.2, -0.15) is 5.26 Å². The Morgan fingerprint density at radius 1 is 1.30 bits per heavy atom. The summed E-state index contributed by atoms with van der Waals surface area (Å²) in [5.41, 5.74) is 0.983. The Balaban J connectivity index is 2.64. The summed E-state index contributed by atoms with van der Waals surface area (Å²) in [7, 11) is 3.05. The summed E-state index contributed by atoms with van der Waals surface area (Å²) in [6.45, 7) is 3.81. The zero-order valence-electron chi connectivity index (χ0n) is 13.8. The van der Waals surface area contributed by atoms with Crippen LogP contribution in [0.4, 0.5) is 0 Å². The molecule has 0 amide bonds. The molecule has 0 spiro atoms. The molecule has 0 saturated carbocycles. The van der Waals surface area contributed by atoms with Crippen LogP contribution in [0.15, 0.2) is 29.3 Å². The summed E-state index contributed by atoms with van der Waals surface area (Å²) in [5, 5.41) is 21.4. The second-order valence-corrected chi connectivity index (χ2v) is 5.90. The fourth-order valence-corrected chi connectivity index (χ4v) is 3.15. The largest absolute Gasteiger partial charge is 0.497 e. The lowest BCUT2D eigenvalue weighted by Gasteiger charge is -2.34. The van der Waals surface area contributed by atoms with E-state index in [2.05, 4.69) is 0 Å². The Hall–Kier alpha value is -2.55. The van der Waals surface area contributed by atoms with E-state index >= 15 is 0 Å². The normalized spacial score (nSPS) is 24.0. The van der Waals surface area contributed by atoms with Gasteiger partial charge in [0.25, 0.3) is 0 Å². The third-order valence-corrected chi connectivity index (χ3v) is 4.69. The zero-order chi connectivity index (χ0) is 17.2. The van der Waals surface area contributed by atoms with Crippen LogP contribution in [-0.4, -0.2) is 24.7 Å². The minimum absolute atomic E-state index is 0.127. The molecule has 2 atom stereocenters. The van der Waals surface area contributed by atoms with Crippen molar-refractivity contribution in [3.05, 3.63) is 45.0 Å². The van der Waals surface area contributed by atoms with E-state index < -0.39 is 16.4 Å². The Labute approximate surface area is 135 Å². The number of nitriles is 1. The van der Waals surface area contributed by atoms with Crippen LogP contribution in [0.3, 0.4) is 0 Å². The van der Waals surface area contributed by atoms with E-state index in [1.54, 1.807) is 25.3 Å². The van der Waals surface area contributed by atoms with Crippen molar-refractivity contribution < 1.29 is 14.4 Å². The smallest absolute Gasteiger partial charge is 0.316 e. The van der Waals surface area contributed by atoms with Crippen molar-refractivity contribution in [3.8, 4) is 17.6 Å². The maximum atomic E-state index is 11.8. The van der Waals surface area contributed by atoms with Crippen molar-refractivity contribution >= 4 is 0 Å². The molecule has 1 aliphatic rings. The molecule has 6 heteroatoms. The standard InChI is InChI=1S/C17H20N2O4/c1-11-7-15(17(10-18,19(20)21)9-12(11)2)14-6-5-13(22-3)8-16(14)23-4/h5-6,8,15H,7,9H2,1-4H3/t15-,17-/m1/s1. The molecule has 0 radical (unpaired) electrons. The van der Waals surface area contributed by atoms with Gasteiger partial charge in [0.2, 0.25) is 0 Å². The van der Waals surface area contributed by atoms with E-state index in [4.69, 9.17) is 9.47 Å². The van der Waals surface area contributed by atoms with Crippen molar-refractivity contribution in [2.24, 2.45) is 0 Å². The predicted molar refractivity (Wildman–Crippen MR) is 85.2 cm³/mol. The number of ether oxygens (including phenoxy) is 2. The highest BCUT2D eigenvalue weighted by Gasteiger charge is 2.54. The minimum atomic E-state index is -1.68. The molecular weight excluding hydrogens is 296 g/mol. The van der Waals surface area contributed by atoms with Gasteiger partial charge in [-0.3, -0.25) is 10.1 Å². The molecular formula is C17H20N2O4. The van der Waals surface area contributed by atoms with Gasteiger partial charge in [0.15, 0.2) is 0 Å². The molecule has 0 heterocycles. The molecule has 0 fully saturated rings. The highest BCUT2D eigenvalue weighted by molar-refractivity contribution is 5.47. The molecule has 1 aromatic rings. The monoisotopic (exact) mass is 316 g/mol. The average Bonchev–Trinajstić information content (AvgIpc) is 2.56. The Morgan fingerprint density at radius 3 is 2.52 bits per heavy atom. The quantitative estimate of drug-likeness (QED) is 0.482. The molecule has 0 N–H and O–H groups in total. The Morgan fingerprint density at radius 2 is 2.00 bits per heavy atom. The van der Waals surface area contributed by atoms with Gasteiger partial charge in [-0.1, -0.05) is 17.2 Å². The second-order valence-electron chi connectivity index (χ2n) is 5.90. The van der Waals surface area contributed by atoms with E-state index in [0.29, 0.717) is 23.5 Å². The number of nitrogens with zero attached hydrogens (tertiary/aromatic N) is 2. The SMILES string of the molecule is COc1ccc([C@H]2CC(C)=C(C)C[C@]2(C#N)[N+](=O)[O-])c(OC)c1. The van der Waals surface area contributed by atoms with Gasteiger partial charge in [0.1, 0.15) is 17.6 Å². The van der Waals surface area contributed by atoms with Crippen LogP contribution in [0.2, 0.25) is 0 Å². The number of methoxy groups -OCH3 is 2. The molecule has 1 aliphatic carbocycles. The van der Waals surface area contributed by atoms with Crippen LogP contribution < -0.4 is 9.47 Å². The van der Waals surface area contributed by atoms with E-state index in [-0.39, 0.29) is 6.42 Å². The molecule has 0 unspecified atom stereocenters. The molecule has 0 bridgehead atoms. The van der Waals surface area contributed by atoms with Crippen molar-refractivity contribution in [2.45, 2.75) is 38.1 Å². The van der Waals surface area contributed by atoms with Crippen LogP contribution in [-0.2, 0) is 0 Å². The van der Waals surface area contributed by atoms with Gasteiger partial charge in [-0.15, -0.1) is 0 Å². The second kappa shape index (κ2) is 6.29. The number of rotatable bonds is 4. The highest BCUT2D eigenvalue weighted by Crippen LogP contribution is 2.47. The van der Waals surface area contributed by atoms with Crippen molar-refractivity contribution in [3.63, 3.8) is 0 Å². The van der Waals surface area contributed by atoms with E-state index in [1.165, 1.54) is 7.11 Å². The van der Waals surface area contributed by atoms with E-state index in [1.807, 2.05) is 19.9 Å². The van der Waals surface area contributed by atoms with Crippen LogP contribution in [0.25, 0.3) is 0 Å². The first-order chi connectivity index (χ1) is 10.9. The molecule has 122 valence electrons. The minimum Gasteiger partial charge on any atom is -0.497 e. The third-order valence-electron chi connectivity index (χ3n) is 4.69. The summed E-state index contributed by atoms with van der Waals surface area (Å²) in [4.78, 5) is 11.3. The molecule has 2 rings (SSSR count). The first-order valence-corrected chi connectivity index (χ1v) is 7.32. The topological polar surface area (TPSA) is 85.4 Å². The summed E-state index contributed by atoms with van der Waals surface area (Å²) < 4.78 is 10.6. The van der Waals surface area contributed by atoms with Crippen molar-refractivity contribution in [1.82, 2.24) is 0 Å². The van der Waals surface area contributed by atoms with Crippen molar-refractivity contribution in [1.29, 1.82) is 5.26 Å². The lowest BCUT2D eigenvalue weighted by Crippen LogP contribution is -2.45. The molecule has 0 saturated heterocycles. The van der Waals surface area contributed by atoms with Gasteiger partial charge in [-0.05, 0) is 26.3 Å². The molecule has 1 aromatic carbocycles. The van der Waals surface area contributed by atoms with Crippen LogP contribution >= 0.6 is 0 Å². The Bertz CT molecular complexity index is 705. The summed E-state index contributed by atoms with van der Waals surface area (Å²) in [5.74, 6) is 0.545. The molecule has 0 aliphatic heterocycles. The van der Waals surface area contributed by atoms with Gasteiger partial charge >= 0.3 is 5.54 Å². The molecule has 23 heavy (non-hydrogen) atoms. The lowest BCUT2D eigenvalue weighted by molar-refractivity contribution is -0.557. The van der Waals surface area contributed by atoms with Gasteiger partial charge < -0.3 is 9.47 Å². The van der Waals surface area contributed by atoms with E-state index in [9.17, 15) is 15.4 Å². The van der Waals surface area contributed by atoms with Gasteiger partial charge in [-0.25, -0.2) is 0 Å². The number of benzene rings is 1. The molecule has 6 nitrogen and oxygen atoms in total. The number of hydrogen-bond acceptors (Lipinski definition) is 5. The summed E-state index contributed by atoms with van der Waals surface area (Å²) in [6.07, 6.45) is 0.589. The Kier molecular flexibility index (Phi) is 4.60. The van der Waals surface area contributed by atoms with Crippen molar-refractivity contribution in [2.75, 3.05) is 14.2 Å². The van der Waals surface area contributed by atoms with Crippen LogP contribution in [0, 0.1) is 21.4 Å². The van der Waals surface area contributed by atoms with Gasteiger partial charge in [0, 0.05) is 16.6 Å². The van der Waals surface area contributed by atoms with E-state index in [0.717, 1.165) is 11.1 Å². The fraction of sp³-hybridized carbons (Fsp3) is 0.471. The number of hydrogen-bond donors (Lipinski definition) is 0. The van der Waals surface area contributed by atoms with Crippen LogP contribution in [0.5, 0.6) is 11.5 Å². The zero-order valence-corrected chi connectivity index (χ0v) is 13.8. The third kappa shape index (κ3) is 2.74. The predicted octanol–water partition coefficient (Wildman–Crippen LogP) is 3.46. The average molecular weight is 316 g/mol. The summed E-state index contributed by atoms with van der Waals surface area (Å²) >= 11 is 0. The summed E-state index contributed by atoms with van der Waals surface area (Å²) in [6, 6.07) is 7.16. The number of allylic oxidation sites excluding steroid dienone is 1. The number of nitro groups is 1. The highest BCUT2D eigenvalue weighted by atomic mass is 16.6. The van der Waals surface area contributed by atoms with Gasteiger partial charge in [0.05, 0.1) is 26.6 Å². The first kappa shape index (κ1) is 16.8. The fourth-order valence-electron chi connectivity index (χ4n) is 3.15. The van der Waals surface area contributed by atoms with Crippen LogP contribution in [0.1, 0.15) is 38.2 Å². The first-order valence-electron chi connectivity index (χ1n) is 7.32. The maximum Gasteiger partial charge on any atom is 0.316 e. The lowest BCUT2D eigenvalue weighted by atomic mass is 9.68. The molecule has 0 aromatic heterocycles.